The van der Waals surface area contributed by atoms with E-state index in [-0.39, 0.29) is 12.0 Å². The van der Waals surface area contributed by atoms with Crippen molar-refractivity contribution in [1.82, 2.24) is 0 Å². The molecule has 2 heteroatoms. The molecule has 2 rings (SSSR count). The van der Waals surface area contributed by atoms with Gasteiger partial charge in [0.1, 0.15) is 0 Å². The van der Waals surface area contributed by atoms with E-state index in [4.69, 9.17) is 11.6 Å². The Balaban J connectivity index is 2.12. The van der Waals surface area contributed by atoms with Crippen LogP contribution in [0.15, 0.2) is 36.4 Å². The summed E-state index contributed by atoms with van der Waals surface area (Å²) >= 11 is 5.81. The number of aliphatic hydroxyl groups is 1. The van der Waals surface area contributed by atoms with Gasteiger partial charge in [-0.2, -0.15) is 0 Å². The van der Waals surface area contributed by atoms with Gasteiger partial charge in [-0.15, -0.1) is 0 Å². The number of aliphatic hydroxyl groups excluding tert-OH is 1. The Bertz CT molecular complexity index is 342. The van der Waals surface area contributed by atoms with Gasteiger partial charge in [-0.3, -0.25) is 0 Å². The number of benzene rings is 1. The fourth-order valence-corrected chi connectivity index (χ4v) is 2.13. The molecule has 80 valence electrons. The third-order valence-electron chi connectivity index (χ3n) is 2.91. The molecule has 0 spiro atoms. The Labute approximate surface area is 95.4 Å². The Morgan fingerprint density at radius 3 is 2.60 bits per heavy atom. The predicted molar refractivity (Wildman–Crippen MR) is 62.9 cm³/mol. The quantitative estimate of drug-likeness (QED) is 0.756. The molecule has 0 radical (unpaired) electrons. The van der Waals surface area contributed by atoms with Gasteiger partial charge in [-0.25, -0.2) is 0 Å². The molecule has 1 nitrogen and oxygen atoms in total. The second kappa shape index (κ2) is 4.82. The van der Waals surface area contributed by atoms with Gasteiger partial charge < -0.3 is 5.11 Å². The monoisotopic (exact) mass is 222 g/mol. The number of allylic oxidation sites excluding steroid dienone is 1. The van der Waals surface area contributed by atoms with E-state index in [9.17, 15) is 5.11 Å². The number of rotatable bonds is 2. The molecular weight excluding hydrogens is 208 g/mol. The second-order valence-corrected chi connectivity index (χ2v) is 4.46. The molecule has 0 heterocycles. The summed E-state index contributed by atoms with van der Waals surface area (Å²) in [4.78, 5) is 0. The van der Waals surface area contributed by atoms with Crippen LogP contribution in [0.2, 0.25) is 5.02 Å². The highest BCUT2D eigenvalue weighted by Gasteiger charge is 2.19. The summed E-state index contributed by atoms with van der Waals surface area (Å²) in [5.41, 5.74) is 0.955. The predicted octanol–water partition coefficient (Wildman–Crippen LogP) is 3.73. The molecule has 15 heavy (non-hydrogen) atoms. The molecular formula is C13H15ClO. The summed E-state index contributed by atoms with van der Waals surface area (Å²) in [5.74, 6) is 0.264. The molecule has 0 fully saturated rings. The topological polar surface area (TPSA) is 20.2 Å². The van der Waals surface area contributed by atoms with E-state index in [1.165, 1.54) is 6.42 Å². The van der Waals surface area contributed by atoms with Crippen LogP contribution in [-0.4, -0.2) is 5.11 Å². The van der Waals surface area contributed by atoms with Crippen molar-refractivity contribution < 1.29 is 5.11 Å². The van der Waals surface area contributed by atoms with E-state index in [2.05, 4.69) is 12.2 Å². The summed E-state index contributed by atoms with van der Waals surface area (Å²) in [6, 6.07) is 7.45. The van der Waals surface area contributed by atoms with Crippen molar-refractivity contribution in [1.29, 1.82) is 0 Å². The molecule has 1 N–H and O–H groups in total. The van der Waals surface area contributed by atoms with Crippen molar-refractivity contribution in [3.05, 3.63) is 47.0 Å². The maximum absolute atomic E-state index is 10.1. The van der Waals surface area contributed by atoms with E-state index in [1.54, 1.807) is 0 Å². The molecule has 1 aromatic rings. The maximum Gasteiger partial charge on any atom is 0.0852 e. The highest BCUT2D eigenvalue weighted by atomic mass is 35.5. The zero-order chi connectivity index (χ0) is 10.7. The maximum atomic E-state index is 10.1. The summed E-state index contributed by atoms with van der Waals surface area (Å²) in [6.45, 7) is 0. The average molecular weight is 223 g/mol. The largest absolute Gasteiger partial charge is 0.388 e. The van der Waals surface area contributed by atoms with Crippen molar-refractivity contribution in [2.45, 2.75) is 25.4 Å². The van der Waals surface area contributed by atoms with Crippen LogP contribution < -0.4 is 0 Å². The number of hydrogen-bond acceptors (Lipinski definition) is 1. The molecule has 0 bridgehead atoms. The van der Waals surface area contributed by atoms with Crippen LogP contribution in [-0.2, 0) is 0 Å². The van der Waals surface area contributed by atoms with Crippen LogP contribution in [0.3, 0.4) is 0 Å². The first-order valence-electron chi connectivity index (χ1n) is 5.37. The fraction of sp³-hybridized carbons (Fsp3) is 0.385. The second-order valence-electron chi connectivity index (χ2n) is 4.02. The molecule has 0 aromatic heterocycles. The fourth-order valence-electron chi connectivity index (χ4n) is 2.01. The summed E-state index contributed by atoms with van der Waals surface area (Å²) in [7, 11) is 0. The molecule has 2 atom stereocenters. The van der Waals surface area contributed by atoms with E-state index in [1.807, 2.05) is 24.3 Å². The molecule has 0 unspecified atom stereocenters. The first-order chi connectivity index (χ1) is 7.27. The van der Waals surface area contributed by atoms with Gasteiger partial charge in [-0.05, 0) is 37.0 Å². The Morgan fingerprint density at radius 2 is 2.00 bits per heavy atom. The van der Waals surface area contributed by atoms with Crippen LogP contribution in [0.5, 0.6) is 0 Å². The molecule has 1 aliphatic carbocycles. The van der Waals surface area contributed by atoms with Crippen molar-refractivity contribution in [3.63, 3.8) is 0 Å². The zero-order valence-electron chi connectivity index (χ0n) is 8.57. The minimum absolute atomic E-state index is 0.264. The summed E-state index contributed by atoms with van der Waals surface area (Å²) in [6.07, 6.45) is 7.28. The highest BCUT2D eigenvalue weighted by molar-refractivity contribution is 6.30. The molecule has 0 saturated heterocycles. The van der Waals surface area contributed by atoms with Crippen molar-refractivity contribution in [2.75, 3.05) is 0 Å². The first-order valence-corrected chi connectivity index (χ1v) is 5.75. The first kappa shape index (κ1) is 10.7. The van der Waals surface area contributed by atoms with Crippen molar-refractivity contribution in [2.24, 2.45) is 5.92 Å². The van der Waals surface area contributed by atoms with Gasteiger partial charge in [0.2, 0.25) is 0 Å². The number of halogens is 1. The summed E-state index contributed by atoms with van der Waals surface area (Å²) in [5, 5.41) is 10.9. The third-order valence-corrected chi connectivity index (χ3v) is 3.16. The van der Waals surface area contributed by atoms with E-state index in [0.717, 1.165) is 18.4 Å². The number of hydrogen-bond donors (Lipinski definition) is 1. The van der Waals surface area contributed by atoms with E-state index in [0.29, 0.717) is 5.02 Å². The van der Waals surface area contributed by atoms with Gasteiger partial charge in [0.25, 0.3) is 0 Å². The van der Waals surface area contributed by atoms with Gasteiger partial charge >= 0.3 is 0 Å². The van der Waals surface area contributed by atoms with Gasteiger partial charge in [0.15, 0.2) is 0 Å². The Morgan fingerprint density at radius 1 is 1.27 bits per heavy atom. The highest BCUT2D eigenvalue weighted by Crippen LogP contribution is 2.30. The lowest BCUT2D eigenvalue weighted by atomic mass is 9.87. The molecule has 1 aromatic carbocycles. The van der Waals surface area contributed by atoms with Gasteiger partial charge in [0, 0.05) is 10.9 Å². The summed E-state index contributed by atoms with van der Waals surface area (Å²) < 4.78 is 0. The van der Waals surface area contributed by atoms with Gasteiger partial charge in [-0.1, -0.05) is 35.9 Å². The Kier molecular flexibility index (Phi) is 3.45. The molecule has 1 aliphatic rings. The normalized spacial score (nSPS) is 22.7. The van der Waals surface area contributed by atoms with E-state index < -0.39 is 0 Å². The molecule has 0 aliphatic heterocycles. The minimum atomic E-state index is -0.390. The standard InChI is InChI=1S/C13H15ClO/c14-12-8-6-11(7-9-12)13(15)10-4-2-1-3-5-10/h2,4,6-10,13,15H,1,3,5H2/t10-,13+/m0/s1. The molecule has 0 amide bonds. The third kappa shape index (κ3) is 2.61. The van der Waals surface area contributed by atoms with Crippen molar-refractivity contribution >= 4 is 11.6 Å². The van der Waals surface area contributed by atoms with Crippen LogP contribution >= 0.6 is 11.6 Å². The minimum Gasteiger partial charge on any atom is -0.388 e. The van der Waals surface area contributed by atoms with Gasteiger partial charge in [0.05, 0.1) is 6.10 Å². The lowest BCUT2D eigenvalue weighted by molar-refractivity contribution is 0.123. The van der Waals surface area contributed by atoms with Crippen LogP contribution in [0.4, 0.5) is 0 Å². The lowest BCUT2D eigenvalue weighted by Crippen LogP contribution is -2.12. The molecule has 0 saturated carbocycles. The van der Waals surface area contributed by atoms with Crippen LogP contribution in [0, 0.1) is 5.92 Å². The zero-order valence-corrected chi connectivity index (χ0v) is 9.32. The SMILES string of the molecule is O[C@@H](c1ccc(Cl)cc1)[C@H]1C=CCCC1. The van der Waals surface area contributed by atoms with Crippen LogP contribution in [0.1, 0.15) is 30.9 Å². The van der Waals surface area contributed by atoms with E-state index >= 15 is 0 Å². The van der Waals surface area contributed by atoms with Crippen LogP contribution in [0.25, 0.3) is 0 Å². The Hall–Kier alpha value is -0.790. The lowest BCUT2D eigenvalue weighted by Gasteiger charge is -2.22. The smallest absolute Gasteiger partial charge is 0.0852 e. The average Bonchev–Trinajstić information content (AvgIpc) is 2.30. The van der Waals surface area contributed by atoms with Crippen molar-refractivity contribution in [3.8, 4) is 0 Å².